The molecule has 5 amide bonds. The maximum Gasteiger partial charge on any atom is 0.335 e. The van der Waals surface area contributed by atoms with Crippen molar-refractivity contribution in [3.63, 3.8) is 0 Å². The summed E-state index contributed by atoms with van der Waals surface area (Å²) < 4.78 is 10.5. The van der Waals surface area contributed by atoms with E-state index in [2.05, 4.69) is 11.9 Å². The lowest BCUT2D eigenvalue weighted by Crippen LogP contribution is -2.42. The van der Waals surface area contributed by atoms with Gasteiger partial charge in [-0.25, -0.2) is 9.69 Å². The number of carbonyl (C=O) groups is 4. The molecule has 1 N–H and O–H groups in total. The number of nitrogens with zero attached hydrogens (tertiary/aromatic N) is 2. The van der Waals surface area contributed by atoms with Crippen LogP contribution in [0.25, 0.3) is 0 Å². The van der Waals surface area contributed by atoms with Crippen molar-refractivity contribution >= 4 is 23.8 Å². The van der Waals surface area contributed by atoms with Crippen LogP contribution in [0.1, 0.15) is 18.5 Å². The van der Waals surface area contributed by atoms with E-state index in [1.807, 2.05) is 0 Å². The van der Waals surface area contributed by atoms with Crippen molar-refractivity contribution in [1.29, 1.82) is 0 Å². The number of rotatable bonds is 8. The van der Waals surface area contributed by atoms with Crippen molar-refractivity contribution in [2.75, 3.05) is 27.3 Å². The van der Waals surface area contributed by atoms with E-state index in [0.29, 0.717) is 22.0 Å². The molecule has 9 nitrogen and oxygen atoms in total. The van der Waals surface area contributed by atoms with E-state index in [9.17, 15) is 19.2 Å². The van der Waals surface area contributed by atoms with Crippen LogP contribution in [-0.4, -0.2) is 60.9 Å². The lowest BCUT2D eigenvalue weighted by Gasteiger charge is -2.20. The van der Waals surface area contributed by atoms with Crippen LogP contribution < -0.4 is 14.8 Å². The number of ether oxygens (including phenoxy) is 2. The molecule has 2 rings (SSSR count). The highest BCUT2D eigenvalue weighted by atomic mass is 16.5. The van der Waals surface area contributed by atoms with Gasteiger partial charge in [0.25, 0.3) is 0 Å². The van der Waals surface area contributed by atoms with Crippen molar-refractivity contribution in [3.05, 3.63) is 36.4 Å². The van der Waals surface area contributed by atoms with Gasteiger partial charge in [-0.3, -0.25) is 19.3 Å². The number of methoxy groups -OCH3 is 2. The fourth-order valence-electron chi connectivity index (χ4n) is 2.67. The Bertz CT molecular complexity index is 791. The van der Waals surface area contributed by atoms with Gasteiger partial charge < -0.3 is 14.8 Å². The molecule has 1 atom stereocenters. The Labute approximate surface area is 156 Å². The zero-order valence-corrected chi connectivity index (χ0v) is 15.4. The molecule has 27 heavy (non-hydrogen) atoms. The molecule has 1 aliphatic rings. The first-order valence-corrected chi connectivity index (χ1v) is 8.13. The lowest BCUT2D eigenvalue weighted by molar-refractivity contribution is -0.143. The van der Waals surface area contributed by atoms with Gasteiger partial charge in [0.2, 0.25) is 5.91 Å². The van der Waals surface area contributed by atoms with E-state index >= 15 is 0 Å². The smallest absolute Gasteiger partial charge is 0.335 e. The summed E-state index contributed by atoms with van der Waals surface area (Å²) in [7, 11) is 3.02. The molecule has 1 fully saturated rings. The number of amides is 5. The normalized spacial score (nSPS) is 15.0. The Morgan fingerprint density at radius 2 is 1.85 bits per heavy atom. The third-order valence-electron chi connectivity index (χ3n) is 4.03. The molecule has 0 bridgehead atoms. The van der Waals surface area contributed by atoms with Gasteiger partial charge in [-0.05, 0) is 25.1 Å². The maximum atomic E-state index is 12.3. The molecule has 0 saturated carbocycles. The van der Waals surface area contributed by atoms with Crippen molar-refractivity contribution in [2.24, 2.45) is 0 Å². The number of nitrogens with one attached hydrogen (secondary N) is 1. The molecule has 1 saturated heterocycles. The fourth-order valence-corrected chi connectivity index (χ4v) is 2.67. The van der Waals surface area contributed by atoms with Crippen LogP contribution in [0.15, 0.2) is 30.9 Å². The van der Waals surface area contributed by atoms with Crippen LogP contribution in [0.2, 0.25) is 0 Å². The zero-order chi connectivity index (χ0) is 20.1. The number of carbonyl (C=O) groups excluding carboxylic acids is 4. The van der Waals surface area contributed by atoms with Gasteiger partial charge in [0.05, 0.1) is 20.3 Å². The molecular formula is C18H21N3O6. The number of benzene rings is 1. The monoisotopic (exact) mass is 375 g/mol. The fraction of sp³-hybridized carbons (Fsp3) is 0.333. The molecule has 1 heterocycles. The predicted octanol–water partition coefficient (Wildman–Crippen LogP) is 0.858. The Balaban J connectivity index is 2.09. The largest absolute Gasteiger partial charge is 0.497 e. The van der Waals surface area contributed by atoms with Crippen LogP contribution >= 0.6 is 0 Å². The third-order valence-corrected chi connectivity index (χ3v) is 4.03. The maximum absolute atomic E-state index is 12.3. The van der Waals surface area contributed by atoms with Gasteiger partial charge in [0.15, 0.2) is 0 Å². The van der Waals surface area contributed by atoms with E-state index in [0.717, 1.165) is 4.90 Å². The highest BCUT2D eigenvalue weighted by molar-refractivity contribution is 6.45. The number of imide groups is 2. The zero-order valence-electron chi connectivity index (χ0n) is 15.4. The second-order valence-corrected chi connectivity index (χ2v) is 5.78. The average Bonchev–Trinajstić information content (AvgIpc) is 2.85. The van der Waals surface area contributed by atoms with Crippen LogP contribution in [0.4, 0.5) is 4.79 Å². The van der Waals surface area contributed by atoms with E-state index in [1.165, 1.54) is 20.3 Å². The molecule has 1 aliphatic heterocycles. The molecule has 144 valence electrons. The Hall–Kier alpha value is -3.36. The summed E-state index contributed by atoms with van der Waals surface area (Å²) in [6, 6.07) is 3.81. The molecule has 9 heteroatoms. The minimum absolute atomic E-state index is 0.0983. The topological polar surface area (TPSA) is 105 Å². The Morgan fingerprint density at radius 1 is 1.19 bits per heavy atom. The second-order valence-electron chi connectivity index (χ2n) is 5.78. The SMILES string of the molecule is C=CCN1C(=O)C(=O)N(CC(=O)N[C@@H](C)c2cc(OC)ccc2OC)C1=O. The van der Waals surface area contributed by atoms with E-state index < -0.39 is 36.3 Å². The second kappa shape index (κ2) is 8.35. The van der Waals surface area contributed by atoms with Crippen LogP contribution in [0.3, 0.4) is 0 Å². The minimum Gasteiger partial charge on any atom is -0.497 e. The average molecular weight is 375 g/mol. The third kappa shape index (κ3) is 4.08. The summed E-state index contributed by atoms with van der Waals surface area (Å²) in [5.41, 5.74) is 0.661. The van der Waals surface area contributed by atoms with Gasteiger partial charge in [0, 0.05) is 12.1 Å². The van der Waals surface area contributed by atoms with Gasteiger partial charge in [-0.1, -0.05) is 6.08 Å². The summed E-state index contributed by atoms with van der Waals surface area (Å²) in [6.45, 7) is 4.49. The molecule has 0 unspecified atom stereocenters. The quantitative estimate of drug-likeness (QED) is 0.410. The van der Waals surface area contributed by atoms with Gasteiger partial charge in [0.1, 0.15) is 18.0 Å². The van der Waals surface area contributed by atoms with Gasteiger partial charge >= 0.3 is 17.8 Å². The summed E-state index contributed by atoms with van der Waals surface area (Å²) in [5, 5.41) is 2.68. The first kappa shape index (κ1) is 20.0. The number of hydrogen-bond donors (Lipinski definition) is 1. The highest BCUT2D eigenvalue weighted by Gasteiger charge is 2.44. The van der Waals surface area contributed by atoms with Gasteiger partial charge in [-0.15, -0.1) is 6.58 Å². The predicted molar refractivity (Wildman–Crippen MR) is 95.1 cm³/mol. The van der Waals surface area contributed by atoms with Crippen LogP contribution in [0, 0.1) is 0 Å². The van der Waals surface area contributed by atoms with E-state index in [-0.39, 0.29) is 6.54 Å². The summed E-state index contributed by atoms with van der Waals surface area (Å²) >= 11 is 0. The standard InChI is InChI=1S/C18H21N3O6/c1-5-8-20-16(23)17(24)21(18(20)25)10-15(22)19-11(2)13-9-12(26-3)6-7-14(13)27-4/h5-7,9,11H,1,8,10H2,2-4H3,(H,19,22)/t11-/m0/s1. The molecule has 0 spiro atoms. The number of urea groups is 1. The molecule has 1 aromatic rings. The molecule has 1 aromatic carbocycles. The van der Waals surface area contributed by atoms with Crippen molar-refractivity contribution in [2.45, 2.75) is 13.0 Å². The van der Waals surface area contributed by atoms with Crippen LogP contribution in [0.5, 0.6) is 11.5 Å². The summed E-state index contributed by atoms with van der Waals surface area (Å²) in [4.78, 5) is 49.5. The van der Waals surface area contributed by atoms with Gasteiger partial charge in [-0.2, -0.15) is 0 Å². The van der Waals surface area contributed by atoms with Crippen molar-refractivity contribution < 1.29 is 28.7 Å². The Morgan fingerprint density at radius 3 is 2.44 bits per heavy atom. The summed E-state index contributed by atoms with van der Waals surface area (Å²) in [5.74, 6) is -1.48. The van der Waals surface area contributed by atoms with E-state index in [1.54, 1.807) is 25.1 Å². The molecular weight excluding hydrogens is 354 g/mol. The first-order chi connectivity index (χ1) is 12.8. The molecule has 0 aromatic heterocycles. The number of hydrogen-bond acceptors (Lipinski definition) is 6. The highest BCUT2D eigenvalue weighted by Crippen LogP contribution is 2.29. The molecule has 0 aliphatic carbocycles. The van der Waals surface area contributed by atoms with Crippen LogP contribution in [-0.2, 0) is 14.4 Å². The Kier molecular flexibility index (Phi) is 6.17. The van der Waals surface area contributed by atoms with Crippen molar-refractivity contribution in [3.8, 4) is 11.5 Å². The minimum atomic E-state index is -1.04. The first-order valence-electron chi connectivity index (χ1n) is 8.13. The molecule has 0 radical (unpaired) electrons. The van der Waals surface area contributed by atoms with E-state index in [4.69, 9.17) is 9.47 Å². The lowest BCUT2D eigenvalue weighted by atomic mass is 10.1. The summed E-state index contributed by atoms with van der Waals surface area (Å²) in [6.07, 6.45) is 1.32. The van der Waals surface area contributed by atoms with Crippen molar-refractivity contribution in [1.82, 2.24) is 15.1 Å².